The van der Waals surface area contributed by atoms with E-state index in [0.717, 1.165) is 13.1 Å². The van der Waals surface area contributed by atoms with E-state index in [1.54, 1.807) is 0 Å². The van der Waals surface area contributed by atoms with E-state index >= 15 is 0 Å². The normalized spacial score (nSPS) is 10.6. The highest BCUT2D eigenvalue weighted by molar-refractivity contribution is 4.62. The Kier molecular flexibility index (Phi) is 6.60. The first-order valence-corrected chi connectivity index (χ1v) is 4.27. The van der Waals surface area contributed by atoms with Crippen LogP contribution in [0.3, 0.4) is 0 Å². The average Bonchev–Trinajstić information content (AvgIpc) is 2.04. The van der Waals surface area contributed by atoms with Gasteiger partial charge in [-0.05, 0) is 13.1 Å². The van der Waals surface area contributed by atoms with Gasteiger partial charge >= 0.3 is 0 Å². The molecule has 0 spiro atoms. The Balaban J connectivity index is 3.62. The molecule has 5 heteroatoms. The van der Waals surface area contributed by atoms with Gasteiger partial charge in [0.2, 0.25) is 6.04 Å². The molecule has 0 saturated carbocycles. The summed E-state index contributed by atoms with van der Waals surface area (Å²) in [7, 11) is 0. The fourth-order valence-corrected chi connectivity index (χ4v) is 0.843. The molecule has 2 N–H and O–H groups in total. The van der Waals surface area contributed by atoms with Gasteiger partial charge in [0, 0.05) is 4.92 Å². The average molecular weight is 175 g/mol. The summed E-state index contributed by atoms with van der Waals surface area (Å²) in [6.45, 7) is 6.30. The molecular formula is C7H17N3O2. The van der Waals surface area contributed by atoms with E-state index in [1.807, 2.05) is 13.8 Å². The number of hydrogen-bond acceptors (Lipinski definition) is 4. The number of nitro groups is 1. The molecule has 0 bridgehead atoms. The lowest BCUT2D eigenvalue weighted by molar-refractivity contribution is -0.518. The molecule has 0 aliphatic carbocycles. The van der Waals surface area contributed by atoms with Crippen LogP contribution in [0.4, 0.5) is 0 Å². The second kappa shape index (κ2) is 7.00. The van der Waals surface area contributed by atoms with Crippen molar-refractivity contribution in [3.05, 3.63) is 10.1 Å². The van der Waals surface area contributed by atoms with Crippen molar-refractivity contribution in [2.45, 2.75) is 19.9 Å². The van der Waals surface area contributed by atoms with Crippen molar-refractivity contribution in [3.8, 4) is 0 Å². The molecule has 0 rings (SSSR count). The van der Waals surface area contributed by atoms with Crippen molar-refractivity contribution in [1.82, 2.24) is 10.6 Å². The van der Waals surface area contributed by atoms with Gasteiger partial charge in [-0.15, -0.1) is 0 Å². The summed E-state index contributed by atoms with van der Waals surface area (Å²) in [5, 5.41) is 16.4. The lowest BCUT2D eigenvalue weighted by atomic mass is 10.3. The van der Waals surface area contributed by atoms with Crippen molar-refractivity contribution in [2.24, 2.45) is 0 Å². The number of nitrogens with zero attached hydrogens (tertiary/aromatic N) is 1. The van der Waals surface area contributed by atoms with Crippen LogP contribution in [-0.2, 0) is 0 Å². The van der Waals surface area contributed by atoms with E-state index in [0.29, 0.717) is 13.1 Å². The summed E-state index contributed by atoms with van der Waals surface area (Å²) >= 11 is 0. The van der Waals surface area contributed by atoms with E-state index in [9.17, 15) is 10.1 Å². The van der Waals surface area contributed by atoms with Gasteiger partial charge in [0.25, 0.3) is 0 Å². The molecule has 0 aromatic heterocycles. The summed E-state index contributed by atoms with van der Waals surface area (Å²) in [6, 6.07) is -0.509. The van der Waals surface area contributed by atoms with Gasteiger partial charge < -0.3 is 10.6 Å². The van der Waals surface area contributed by atoms with Crippen molar-refractivity contribution < 1.29 is 4.92 Å². The number of hydrogen-bond donors (Lipinski definition) is 2. The number of likely N-dealkylation sites (N-methyl/N-ethyl adjacent to an activating group) is 2. The third-order valence-corrected chi connectivity index (χ3v) is 1.56. The molecule has 0 unspecified atom stereocenters. The maximum atomic E-state index is 10.4. The monoisotopic (exact) mass is 175 g/mol. The van der Waals surface area contributed by atoms with Crippen LogP contribution in [0.5, 0.6) is 0 Å². The Bertz CT molecular complexity index is 122. The first-order valence-electron chi connectivity index (χ1n) is 4.27. The van der Waals surface area contributed by atoms with Crippen LogP contribution in [0.25, 0.3) is 0 Å². The molecule has 0 atom stereocenters. The largest absolute Gasteiger partial charge is 0.311 e. The number of rotatable bonds is 7. The second-order valence-electron chi connectivity index (χ2n) is 2.55. The smallest absolute Gasteiger partial charge is 0.237 e. The summed E-state index contributed by atoms with van der Waals surface area (Å²) in [5.74, 6) is 0. The molecule has 0 aliphatic heterocycles. The zero-order valence-electron chi connectivity index (χ0n) is 7.67. The van der Waals surface area contributed by atoms with E-state index in [2.05, 4.69) is 10.6 Å². The van der Waals surface area contributed by atoms with Crippen LogP contribution in [0.1, 0.15) is 13.8 Å². The Labute approximate surface area is 72.7 Å². The van der Waals surface area contributed by atoms with Crippen LogP contribution in [-0.4, -0.2) is 37.1 Å². The Morgan fingerprint density at radius 1 is 1.25 bits per heavy atom. The van der Waals surface area contributed by atoms with Crippen LogP contribution in [0.2, 0.25) is 0 Å². The van der Waals surface area contributed by atoms with Crippen LogP contribution < -0.4 is 10.6 Å². The Morgan fingerprint density at radius 2 is 1.67 bits per heavy atom. The number of nitrogens with one attached hydrogen (secondary N) is 2. The van der Waals surface area contributed by atoms with Gasteiger partial charge in [0.05, 0.1) is 13.1 Å². The van der Waals surface area contributed by atoms with Gasteiger partial charge in [-0.25, -0.2) is 0 Å². The summed E-state index contributed by atoms with van der Waals surface area (Å²) < 4.78 is 0. The van der Waals surface area contributed by atoms with Crippen LogP contribution in [0.15, 0.2) is 0 Å². The minimum absolute atomic E-state index is 0.245. The predicted octanol–water partition coefficient (Wildman–Crippen LogP) is -0.149. The van der Waals surface area contributed by atoms with Gasteiger partial charge in [-0.1, -0.05) is 13.8 Å². The lowest BCUT2D eigenvalue weighted by Gasteiger charge is -2.09. The molecule has 0 aromatic rings. The van der Waals surface area contributed by atoms with Gasteiger partial charge in [0.15, 0.2) is 0 Å². The molecule has 12 heavy (non-hydrogen) atoms. The highest BCUT2D eigenvalue weighted by atomic mass is 16.6. The maximum absolute atomic E-state index is 10.4. The maximum Gasteiger partial charge on any atom is 0.237 e. The van der Waals surface area contributed by atoms with Crippen molar-refractivity contribution in [3.63, 3.8) is 0 Å². The molecule has 72 valence electrons. The minimum atomic E-state index is -0.509. The highest BCUT2D eigenvalue weighted by Crippen LogP contribution is 1.85. The van der Waals surface area contributed by atoms with Gasteiger partial charge in [0.1, 0.15) is 0 Å². The van der Waals surface area contributed by atoms with E-state index in [-0.39, 0.29) is 4.92 Å². The SMILES string of the molecule is CCNCC(CNCC)[N+](=O)[O-]. The van der Waals surface area contributed by atoms with Crippen LogP contribution >= 0.6 is 0 Å². The van der Waals surface area contributed by atoms with Gasteiger partial charge in [-0.3, -0.25) is 10.1 Å². The second-order valence-corrected chi connectivity index (χ2v) is 2.55. The zero-order valence-corrected chi connectivity index (χ0v) is 7.67. The Hall–Kier alpha value is -0.680. The molecular weight excluding hydrogens is 158 g/mol. The molecule has 0 amide bonds. The first kappa shape index (κ1) is 11.3. The zero-order chi connectivity index (χ0) is 9.40. The molecule has 0 heterocycles. The van der Waals surface area contributed by atoms with Gasteiger partial charge in [-0.2, -0.15) is 0 Å². The molecule has 0 radical (unpaired) electrons. The molecule has 0 fully saturated rings. The fraction of sp³-hybridized carbons (Fsp3) is 1.00. The predicted molar refractivity (Wildman–Crippen MR) is 47.9 cm³/mol. The standard InChI is InChI=1S/C7H17N3O2/c1-3-8-5-7(10(11)12)6-9-4-2/h7-9H,3-6H2,1-2H3. The lowest BCUT2D eigenvalue weighted by Crippen LogP contribution is -2.40. The van der Waals surface area contributed by atoms with Crippen molar-refractivity contribution in [2.75, 3.05) is 26.2 Å². The first-order chi connectivity index (χ1) is 5.72. The topological polar surface area (TPSA) is 67.2 Å². The molecule has 5 nitrogen and oxygen atoms in total. The summed E-state index contributed by atoms with van der Waals surface area (Å²) in [5.41, 5.74) is 0. The molecule has 0 aliphatic rings. The molecule has 0 saturated heterocycles. The van der Waals surface area contributed by atoms with E-state index in [4.69, 9.17) is 0 Å². The highest BCUT2D eigenvalue weighted by Gasteiger charge is 2.17. The summed E-state index contributed by atoms with van der Waals surface area (Å²) in [6.07, 6.45) is 0. The quantitative estimate of drug-likeness (QED) is 0.417. The van der Waals surface area contributed by atoms with Crippen molar-refractivity contribution >= 4 is 0 Å². The minimum Gasteiger partial charge on any atom is -0.311 e. The van der Waals surface area contributed by atoms with E-state index in [1.165, 1.54) is 0 Å². The molecule has 0 aromatic carbocycles. The third kappa shape index (κ3) is 5.03. The Morgan fingerprint density at radius 3 is 1.92 bits per heavy atom. The fourth-order valence-electron chi connectivity index (χ4n) is 0.843. The van der Waals surface area contributed by atoms with E-state index < -0.39 is 6.04 Å². The van der Waals surface area contributed by atoms with Crippen LogP contribution in [0, 0.1) is 10.1 Å². The van der Waals surface area contributed by atoms with Crippen molar-refractivity contribution in [1.29, 1.82) is 0 Å². The third-order valence-electron chi connectivity index (χ3n) is 1.56. The summed E-state index contributed by atoms with van der Waals surface area (Å²) in [4.78, 5) is 10.2.